The zero-order valence-corrected chi connectivity index (χ0v) is 14.0. The smallest absolute Gasteiger partial charge is 0.142 e. The number of hydrogen-bond donors (Lipinski definition) is 1. The highest BCUT2D eigenvalue weighted by molar-refractivity contribution is 5.50. The van der Waals surface area contributed by atoms with Gasteiger partial charge in [-0.15, -0.1) is 0 Å². The second-order valence-electron chi connectivity index (χ2n) is 5.49. The van der Waals surface area contributed by atoms with Gasteiger partial charge in [0.2, 0.25) is 0 Å². The van der Waals surface area contributed by atoms with Gasteiger partial charge in [0.25, 0.3) is 0 Å². The number of hydroxylamine groups is 1. The number of rotatable bonds is 4. The van der Waals surface area contributed by atoms with Gasteiger partial charge >= 0.3 is 0 Å². The highest BCUT2D eigenvalue weighted by atomic mass is 16.5. The Morgan fingerprint density at radius 1 is 0.840 bits per heavy atom. The molecule has 3 rings (SSSR count). The van der Waals surface area contributed by atoms with Gasteiger partial charge in [-0.2, -0.15) is 0 Å². The Hall–Kier alpha value is -3.22. The molecule has 124 valence electrons. The van der Waals surface area contributed by atoms with Crippen molar-refractivity contribution in [3.05, 3.63) is 96.1 Å². The molecule has 0 amide bonds. The molecule has 0 heterocycles. The second kappa shape index (κ2) is 8.05. The van der Waals surface area contributed by atoms with Crippen LogP contribution in [0.1, 0.15) is 17.2 Å². The van der Waals surface area contributed by atoms with E-state index in [0.717, 1.165) is 16.9 Å². The lowest BCUT2D eigenvalue weighted by atomic mass is 10.1. The molecule has 0 aliphatic heterocycles. The highest BCUT2D eigenvalue weighted by Gasteiger charge is 2.16. The molecular weight excluding hydrogens is 310 g/mol. The van der Waals surface area contributed by atoms with Crippen molar-refractivity contribution in [3.63, 3.8) is 0 Å². The van der Waals surface area contributed by atoms with Gasteiger partial charge in [0, 0.05) is 5.56 Å². The Labute approximate surface area is 148 Å². The maximum atomic E-state index is 10.7. The second-order valence-corrected chi connectivity index (χ2v) is 5.49. The quantitative estimate of drug-likeness (QED) is 0.557. The average Bonchev–Trinajstić information content (AvgIpc) is 2.70. The average molecular weight is 329 g/mol. The van der Waals surface area contributed by atoms with Crippen molar-refractivity contribution in [2.75, 3.05) is 12.2 Å². The Balaban J connectivity index is 1.93. The Kier molecular flexibility index (Phi) is 5.36. The van der Waals surface area contributed by atoms with Crippen LogP contribution in [-0.4, -0.2) is 12.3 Å². The normalized spacial score (nSPS) is 11.1. The summed E-state index contributed by atoms with van der Waals surface area (Å²) in [6, 6.07) is 26.2. The lowest BCUT2D eigenvalue weighted by molar-refractivity contribution is 0.236. The number of benzene rings is 3. The Bertz CT molecular complexity index is 849. The van der Waals surface area contributed by atoms with E-state index in [1.165, 1.54) is 5.06 Å². The molecule has 0 bridgehead atoms. The highest BCUT2D eigenvalue weighted by Crippen LogP contribution is 2.24. The fourth-order valence-corrected chi connectivity index (χ4v) is 2.48. The maximum absolute atomic E-state index is 10.7. The van der Waals surface area contributed by atoms with E-state index in [4.69, 9.17) is 4.74 Å². The molecule has 3 aromatic rings. The van der Waals surface area contributed by atoms with Crippen molar-refractivity contribution in [2.24, 2.45) is 0 Å². The van der Waals surface area contributed by atoms with Crippen LogP contribution in [0.15, 0.2) is 84.9 Å². The molecule has 0 saturated heterocycles. The lowest BCUT2D eigenvalue weighted by Gasteiger charge is -2.24. The minimum atomic E-state index is -0.467. The van der Waals surface area contributed by atoms with Gasteiger partial charge in [-0.25, -0.2) is 5.06 Å². The summed E-state index contributed by atoms with van der Waals surface area (Å²) in [6.07, 6.45) is 0. The fraction of sp³-hybridized carbons (Fsp3) is 0.0909. The zero-order chi connectivity index (χ0) is 17.5. The van der Waals surface area contributed by atoms with Crippen LogP contribution < -0.4 is 9.80 Å². The van der Waals surface area contributed by atoms with Crippen LogP contribution in [-0.2, 0) is 0 Å². The van der Waals surface area contributed by atoms with Crippen LogP contribution in [0, 0.1) is 11.8 Å². The number of anilines is 1. The van der Waals surface area contributed by atoms with E-state index < -0.39 is 6.04 Å². The largest absolute Gasteiger partial charge is 0.497 e. The summed E-state index contributed by atoms with van der Waals surface area (Å²) in [7, 11) is 1.63. The van der Waals surface area contributed by atoms with Crippen LogP contribution in [0.3, 0.4) is 0 Å². The van der Waals surface area contributed by atoms with Crippen LogP contribution in [0.5, 0.6) is 5.75 Å². The van der Waals surface area contributed by atoms with Crippen molar-refractivity contribution in [1.29, 1.82) is 0 Å². The standard InChI is InChI=1S/C22H19NO2/c1-25-21-15-12-18(13-16-21)14-17-22(19-8-4-2-5-9-19)23(24)20-10-6-3-7-11-20/h2-13,15-16,22,24H,1H3. The number of methoxy groups -OCH3 is 1. The minimum Gasteiger partial charge on any atom is -0.497 e. The van der Waals surface area contributed by atoms with E-state index in [9.17, 15) is 5.21 Å². The first-order chi connectivity index (χ1) is 12.3. The molecule has 0 fully saturated rings. The Morgan fingerprint density at radius 2 is 1.44 bits per heavy atom. The predicted octanol–water partition coefficient (Wildman–Crippen LogP) is 4.68. The molecule has 0 aromatic heterocycles. The van der Waals surface area contributed by atoms with E-state index in [-0.39, 0.29) is 0 Å². The molecule has 3 heteroatoms. The number of ether oxygens (including phenoxy) is 1. The zero-order valence-electron chi connectivity index (χ0n) is 14.0. The molecule has 3 aromatic carbocycles. The third-order valence-electron chi connectivity index (χ3n) is 3.82. The first-order valence-electron chi connectivity index (χ1n) is 8.01. The predicted molar refractivity (Wildman–Crippen MR) is 99.8 cm³/mol. The molecule has 1 unspecified atom stereocenters. The molecular formula is C22H19NO2. The van der Waals surface area contributed by atoms with E-state index >= 15 is 0 Å². The van der Waals surface area contributed by atoms with E-state index in [1.807, 2.05) is 84.9 Å². The summed E-state index contributed by atoms with van der Waals surface area (Å²) < 4.78 is 5.16. The lowest BCUT2D eigenvalue weighted by Crippen LogP contribution is -2.23. The summed E-state index contributed by atoms with van der Waals surface area (Å²) in [5, 5.41) is 11.9. The third-order valence-corrected chi connectivity index (χ3v) is 3.82. The molecule has 1 atom stereocenters. The van der Waals surface area contributed by atoms with Crippen LogP contribution in [0.25, 0.3) is 0 Å². The monoisotopic (exact) mass is 329 g/mol. The van der Waals surface area contributed by atoms with Crippen molar-refractivity contribution >= 4 is 5.69 Å². The van der Waals surface area contributed by atoms with E-state index in [2.05, 4.69) is 11.8 Å². The molecule has 3 nitrogen and oxygen atoms in total. The number of hydrogen-bond acceptors (Lipinski definition) is 3. The summed E-state index contributed by atoms with van der Waals surface area (Å²) in [4.78, 5) is 0. The van der Waals surface area contributed by atoms with Crippen molar-refractivity contribution < 1.29 is 9.94 Å². The Morgan fingerprint density at radius 3 is 2.04 bits per heavy atom. The summed E-state index contributed by atoms with van der Waals surface area (Å²) in [5.74, 6) is 7.10. The van der Waals surface area contributed by atoms with Crippen molar-refractivity contribution in [3.8, 4) is 17.6 Å². The topological polar surface area (TPSA) is 32.7 Å². The molecule has 0 aliphatic rings. The summed E-state index contributed by atoms with van der Waals surface area (Å²) in [6.45, 7) is 0. The molecule has 1 N–H and O–H groups in total. The fourth-order valence-electron chi connectivity index (χ4n) is 2.48. The van der Waals surface area contributed by atoms with E-state index in [1.54, 1.807) is 7.11 Å². The molecule has 0 spiro atoms. The van der Waals surface area contributed by atoms with Crippen molar-refractivity contribution in [1.82, 2.24) is 0 Å². The number of nitrogens with zero attached hydrogens (tertiary/aromatic N) is 1. The summed E-state index contributed by atoms with van der Waals surface area (Å²) >= 11 is 0. The number of para-hydroxylation sites is 1. The van der Waals surface area contributed by atoms with Crippen LogP contribution >= 0.6 is 0 Å². The first-order valence-corrected chi connectivity index (χ1v) is 8.01. The first kappa shape index (κ1) is 16.6. The van der Waals surface area contributed by atoms with E-state index in [0.29, 0.717) is 5.69 Å². The van der Waals surface area contributed by atoms with Gasteiger partial charge in [-0.1, -0.05) is 60.4 Å². The molecule has 0 aliphatic carbocycles. The van der Waals surface area contributed by atoms with Gasteiger partial charge in [0.05, 0.1) is 12.8 Å². The summed E-state index contributed by atoms with van der Waals surface area (Å²) in [5.41, 5.74) is 2.48. The molecule has 25 heavy (non-hydrogen) atoms. The minimum absolute atomic E-state index is 0.467. The van der Waals surface area contributed by atoms with Gasteiger partial charge in [-0.05, 0) is 42.0 Å². The third kappa shape index (κ3) is 4.20. The maximum Gasteiger partial charge on any atom is 0.142 e. The SMILES string of the molecule is COc1ccc(C#CC(c2ccccc2)N(O)c2ccccc2)cc1. The van der Waals surface area contributed by atoms with Crippen LogP contribution in [0.2, 0.25) is 0 Å². The van der Waals surface area contributed by atoms with Gasteiger partial charge in [0.1, 0.15) is 11.8 Å². The van der Waals surface area contributed by atoms with Crippen LogP contribution in [0.4, 0.5) is 5.69 Å². The van der Waals surface area contributed by atoms with Gasteiger partial charge < -0.3 is 4.74 Å². The van der Waals surface area contributed by atoms with Gasteiger partial charge in [0.15, 0.2) is 0 Å². The molecule has 0 saturated carbocycles. The van der Waals surface area contributed by atoms with Crippen molar-refractivity contribution in [2.45, 2.75) is 6.04 Å². The molecule has 0 radical (unpaired) electrons. The van der Waals surface area contributed by atoms with Gasteiger partial charge in [-0.3, -0.25) is 5.21 Å².